The van der Waals surface area contributed by atoms with E-state index in [1.54, 1.807) is 0 Å². The Hall–Kier alpha value is -0.860. The van der Waals surface area contributed by atoms with E-state index in [0.29, 0.717) is 12.1 Å². The summed E-state index contributed by atoms with van der Waals surface area (Å²) >= 11 is 0. The van der Waals surface area contributed by atoms with Crippen molar-refractivity contribution >= 4 is 0 Å². The Morgan fingerprint density at radius 1 is 1.24 bits per heavy atom. The fourth-order valence-electron chi connectivity index (χ4n) is 3.44. The van der Waals surface area contributed by atoms with E-state index in [2.05, 4.69) is 75.2 Å². The van der Waals surface area contributed by atoms with Gasteiger partial charge in [0, 0.05) is 30.7 Å². The molecule has 1 heterocycles. The summed E-state index contributed by atoms with van der Waals surface area (Å²) in [5.74, 6) is 0.800. The van der Waals surface area contributed by atoms with E-state index in [1.807, 2.05) is 0 Å². The van der Waals surface area contributed by atoms with Gasteiger partial charge in [-0.2, -0.15) is 0 Å². The fraction of sp³-hybridized carbons (Fsp3) is 0.684. The monoisotopic (exact) mass is 288 g/mol. The SMILES string of the molecule is CCC(C)CC(C)N1CC(C)(C)NCC1c1ccccc1. The first kappa shape index (κ1) is 16.5. The number of hydrogen-bond donors (Lipinski definition) is 1. The number of hydrogen-bond acceptors (Lipinski definition) is 2. The van der Waals surface area contributed by atoms with Crippen molar-refractivity contribution in [3.05, 3.63) is 35.9 Å². The van der Waals surface area contributed by atoms with Gasteiger partial charge in [-0.05, 0) is 38.7 Å². The quantitative estimate of drug-likeness (QED) is 0.872. The predicted molar refractivity (Wildman–Crippen MR) is 91.5 cm³/mol. The first-order chi connectivity index (χ1) is 9.93. The van der Waals surface area contributed by atoms with Crippen LogP contribution in [-0.4, -0.2) is 29.6 Å². The van der Waals surface area contributed by atoms with Gasteiger partial charge in [0.2, 0.25) is 0 Å². The first-order valence-corrected chi connectivity index (χ1v) is 8.48. The third-order valence-corrected chi connectivity index (χ3v) is 4.94. The molecule has 1 N–H and O–H groups in total. The highest BCUT2D eigenvalue weighted by atomic mass is 15.3. The zero-order valence-corrected chi connectivity index (χ0v) is 14.4. The van der Waals surface area contributed by atoms with Crippen molar-refractivity contribution in [2.24, 2.45) is 5.92 Å². The molecular weight excluding hydrogens is 256 g/mol. The van der Waals surface area contributed by atoms with Gasteiger partial charge in [0.1, 0.15) is 0 Å². The molecule has 0 aromatic heterocycles. The summed E-state index contributed by atoms with van der Waals surface area (Å²) in [6, 6.07) is 12.1. The summed E-state index contributed by atoms with van der Waals surface area (Å²) in [4.78, 5) is 2.72. The van der Waals surface area contributed by atoms with Crippen LogP contribution < -0.4 is 5.32 Å². The van der Waals surface area contributed by atoms with E-state index < -0.39 is 0 Å². The summed E-state index contributed by atoms with van der Waals surface area (Å²) in [6.07, 6.45) is 2.56. The number of piperazine rings is 1. The van der Waals surface area contributed by atoms with Crippen LogP contribution in [0.3, 0.4) is 0 Å². The molecule has 0 amide bonds. The number of rotatable bonds is 5. The Labute approximate surface area is 130 Å². The predicted octanol–water partition coefficient (Wildman–Crippen LogP) is 4.24. The largest absolute Gasteiger partial charge is 0.309 e. The zero-order valence-electron chi connectivity index (χ0n) is 14.4. The van der Waals surface area contributed by atoms with Crippen LogP contribution in [0.2, 0.25) is 0 Å². The first-order valence-electron chi connectivity index (χ1n) is 8.48. The maximum atomic E-state index is 3.72. The number of nitrogens with one attached hydrogen (secondary N) is 1. The van der Waals surface area contributed by atoms with Crippen molar-refractivity contribution in [2.45, 2.75) is 65.1 Å². The van der Waals surface area contributed by atoms with Crippen molar-refractivity contribution in [3.8, 4) is 0 Å². The number of benzene rings is 1. The molecule has 1 aromatic rings. The topological polar surface area (TPSA) is 15.3 Å². The molecule has 1 aromatic carbocycles. The molecule has 0 aliphatic carbocycles. The Bertz CT molecular complexity index is 426. The molecule has 21 heavy (non-hydrogen) atoms. The lowest BCUT2D eigenvalue weighted by atomic mass is 9.90. The van der Waals surface area contributed by atoms with E-state index >= 15 is 0 Å². The van der Waals surface area contributed by atoms with Crippen molar-refractivity contribution in [1.29, 1.82) is 0 Å². The van der Waals surface area contributed by atoms with Crippen molar-refractivity contribution in [1.82, 2.24) is 10.2 Å². The molecule has 2 heteroatoms. The highest BCUT2D eigenvalue weighted by Crippen LogP contribution is 2.31. The van der Waals surface area contributed by atoms with E-state index in [9.17, 15) is 0 Å². The van der Waals surface area contributed by atoms with Gasteiger partial charge in [-0.3, -0.25) is 4.90 Å². The standard InChI is InChI=1S/C19H32N2/c1-6-15(2)12-16(3)21-14-19(4,5)20-13-18(21)17-10-8-7-9-11-17/h7-11,15-16,18,20H,6,12-14H2,1-5H3. The van der Waals surface area contributed by atoms with Crippen LogP contribution in [0.5, 0.6) is 0 Å². The summed E-state index contributed by atoms with van der Waals surface area (Å²) in [7, 11) is 0. The lowest BCUT2D eigenvalue weighted by Gasteiger charge is -2.48. The van der Waals surface area contributed by atoms with Crippen LogP contribution in [0, 0.1) is 5.92 Å². The summed E-state index contributed by atoms with van der Waals surface area (Å²) in [5.41, 5.74) is 1.64. The van der Waals surface area contributed by atoms with Crippen LogP contribution in [-0.2, 0) is 0 Å². The molecular formula is C19H32N2. The molecule has 2 rings (SSSR count). The molecule has 3 atom stereocenters. The molecule has 1 aliphatic rings. The Kier molecular flexibility index (Phi) is 5.45. The zero-order chi connectivity index (χ0) is 15.5. The molecule has 0 saturated carbocycles. The normalized spacial score (nSPS) is 25.5. The van der Waals surface area contributed by atoms with Gasteiger partial charge in [-0.15, -0.1) is 0 Å². The van der Waals surface area contributed by atoms with Gasteiger partial charge >= 0.3 is 0 Å². The van der Waals surface area contributed by atoms with Gasteiger partial charge in [-0.1, -0.05) is 50.6 Å². The maximum Gasteiger partial charge on any atom is 0.0476 e. The second-order valence-electron chi connectivity index (χ2n) is 7.46. The Morgan fingerprint density at radius 3 is 2.52 bits per heavy atom. The molecule has 0 radical (unpaired) electrons. The molecule has 2 nitrogen and oxygen atoms in total. The van der Waals surface area contributed by atoms with Crippen molar-refractivity contribution in [3.63, 3.8) is 0 Å². The minimum absolute atomic E-state index is 0.203. The average molecular weight is 288 g/mol. The highest BCUT2D eigenvalue weighted by Gasteiger charge is 2.35. The summed E-state index contributed by atoms with van der Waals surface area (Å²) in [6.45, 7) is 13.9. The fourth-order valence-corrected chi connectivity index (χ4v) is 3.44. The second kappa shape index (κ2) is 6.93. The van der Waals surface area contributed by atoms with Crippen molar-refractivity contribution < 1.29 is 0 Å². The van der Waals surface area contributed by atoms with Crippen LogP contribution in [0.1, 0.15) is 59.1 Å². The molecule has 118 valence electrons. The minimum atomic E-state index is 0.203. The number of nitrogens with zero attached hydrogens (tertiary/aromatic N) is 1. The lowest BCUT2D eigenvalue weighted by molar-refractivity contribution is 0.0505. The van der Waals surface area contributed by atoms with Crippen molar-refractivity contribution in [2.75, 3.05) is 13.1 Å². The van der Waals surface area contributed by atoms with Crippen LogP contribution in [0.25, 0.3) is 0 Å². The third kappa shape index (κ3) is 4.31. The Morgan fingerprint density at radius 2 is 1.90 bits per heavy atom. The molecule has 0 spiro atoms. The van der Waals surface area contributed by atoms with Gasteiger partial charge < -0.3 is 5.32 Å². The van der Waals surface area contributed by atoms with E-state index in [1.165, 1.54) is 18.4 Å². The molecule has 1 aliphatic heterocycles. The molecule has 3 unspecified atom stereocenters. The second-order valence-corrected chi connectivity index (χ2v) is 7.46. The van der Waals surface area contributed by atoms with Gasteiger partial charge in [0.15, 0.2) is 0 Å². The molecule has 0 bridgehead atoms. The lowest BCUT2D eigenvalue weighted by Crippen LogP contribution is -2.60. The van der Waals surface area contributed by atoms with E-state index in [0.717, 1.165) is 19.0 Å². The molecule has 1 fully saturated rings. The van der Waals surface area contributed by atoms with Gasteiger partial charge in [-0.25, -0.2) is 0 Å². The van der Waals surface area contributed by atoms with E-state index in [-0.39, 0.29) is 5.54 Å². The summed E-state index contributed by atoms with van der Waals surface area (Å²) < 4.78 is 0. The average Bonchev–Trinajstić information content (AvgIpc) is 2.47. The van der Waals surface area contributed by atoms with Gasteiger partial charge in [0.05, 0.1) is 0 Å². The van der Waals surface area contributed by atoms with E-state index in [4.69, 9.17) is 0 Å². The minimum Gasteiger partial charge on any atom is -0.309 e. The highest BCUT2D eigenvalue weighted by molar-refractivity contribution is 5.21. The van der Waals surface area contributed by atoms with Crippen LogP contribution in [0.4, 0.5) is 0 Å². The van der Waals surface area contributed by atoms with Crippen LogP contribution >= 0.6 is 0 Å². The Balaban J connectivity index is 2.17. The summed E-state index contributed by atoms with van der Waals surface area (Å²) in [5, 5.41) is 3.72. The smallest absolute Gasteiger partial charge is 0.0476 e. The van der Waals surface area contributed by atoms with Gasteiger partial charge in [0.25, 0.3) is 0 Å². The maximum absolute atomic E-state index is 3.72. The molecule has 1 saturated heterocycles. The van der Waals surface area contributed by atoms with Crippen LogP contribution in [0.15, 0.2) is 30.3 Å². The third-order valence-electron chi connectivity index (χ3n) is 4.94.